The fraction of sp³-hybridized carbons (Fsp3) is 0.240. The normalized spacial score (nSPS) is 17.1. The third-order valence-corrected chi connectivity index (χ3v) is 7.61. The van der Waals surface area contributed by atoms with E-state index in [1.54, 1.807) is 18.2 Å². The molecule has 1 fully saturated rings. The average molecular weight is 468 g/mol. The van der Waals surface area contributed by atoms with Crippen LogP contribution in [0.3, 0.4) is 0 Å². The molecule has 4 nitrogen and oxygen atoms in total. The first kappa shape index (κ1) is 22.5. The summed E-state index contributed by atoms with van der Waals surface area (Å²) in [5.74, 6) is -0.341. The molecule has 1 saturated heterocycles. The maximum Gasteiger partial charge on any atom is 0.127 e. The highest BCUT2D eigenvalue weighted by atomic mass is 35.5. The Morgan fingerprint density at radius 1 is 1.19 bits per heavy atom. The molecule has 0 bridgehead atoms. The van der Waals surface area contributed by atoms with E-state index < -0.39 is 11.0 Å². The summed E-state index contributed by atoms with van der Waals surface area (Å²) >= 11 is 6.35. The Bertz CT molecular complexity index is 1180. The van der Waals surface area contributed by atoms with Crippen LogP contribution in [0.5, 0.6) is 0 Å². The molecule has 1 aliphatic heterocycles. The quantitative estimate of drug-likeness (QED) is 0.483. The minimum atomic E-state index is -1.35. The van der Waals surface area contributed by atoms with Crippen molar-refractivity contribution in [3.05, 3.63) is 94.3 Å². The Balaban J connectivity index is 1.61. The van der Waals surface area contributed by atoms with Crippen LogP contribution >= 0.6 is 11.6 Å². The molecule has 2 atom stereocenters. The first-order chi connectivity index (χ1) is 15.5. The van der Waals surface area contributed by atoms with Gasteiger partial charge in [-0.25, -0.2) is 12.9 Å². The number of hydrogen-bond acceptors (Lipinski definition) is 3. The second-order valence-electron chi connectivity index (χ2n) is 7.86. The first-order valence-electron chi connectivity index (χ1n) is 10.4. The van der Waals surface area contributed by atoms with Crippen molar-refractivity contribution in [3.63, 3.8) is 0 Å². The summed E-state index contributed by atoms with van der Waals surface area (Å²) in [5.41, 5.74) is 3.77. The molecule has 1 unspecified atom stereocenters. The van der Waals surface area contributed by atoms with Crippen LogP contribution in [0.25, 0.3) is 0 Å². The fourth-order valence-corrected chi connectivity index (χ4v) is 5.45. The topological polar surface area (TPSA) is 47.3 Å². The molecule has 3 aromatic carbocycles. The van der Waals surface area contributed by atoms with Gasteiger partial charge in [-0.15, -0.1) is 0 Å². The summed E-state index contributed by atoms with van der Waals surface area (Å²) in [6.45, 7) is 4.04. The molecule has 1 aliphatic rings. The minimum Gasteiger partial charge on any atom is -0.363 e. The van der Waals surface area contributed by atoms with Gasteiger partial charge in [0.2, 0.25) is 0 Å². The fourth-order valence-electron chi connectivity index (χ4n) is 3.99. The predicted octanol–water partition coefficient (Wildman–Crippen LogP) is 5.46. The number of rotatable bonds is 6. The van der Waals surface area contributed by atoms with Crippen LogP contribution in [0.4, 0.5) is 10.1 Å². The van der Waals surface area contributed by atoms with Gasteiger partial charge < -0.3 is 4.90 Å². The van der Waals surface area contributed by atoms with Gasteiger partial charge in [-0.05, 0) is 66.9 Å². The zero-order chi connectivity index (χ0) is 22.7. The van der Waals surface area contributed by atoms with Crippen molar-refractivity contribution < 1.29 is 8.60 Å². The van der Waals surface area contributed by atoms with Crippen LogP contribution < -0.4 is 4.90 Å². The van der Waals surface area contributed by atoms with E-state index in [1.807, 2.05) is 28.6 Å². The molecule has 0 spiro atoms. The lowest BCUT2D eigenvalue weighted by Crippen LogP contribution is -2.37. The van der Waals surface area contributed by atoms with Crippen molar-refractivity contribution in [1.82, 2.24) is 4.31 Å². The van der Waals surface area contributed by atoms with Gasteiger partial charge in [-0.1, -0.05) is 35.9 Å². The van der Waals surface area contributed by atoms with E-state index >= 15 is 0 Å². The average Bonchev–Trinajstić information content (AvgIpc) is 3.28. The standard InChI is InChI=1S/C25H23ClFN3OS/c1-18-4-2-3-5-20(18)16-30(22-9-6-19(15-28)25(26)14-22)23-12-13-29(17-23)32(31)24-10-7-21(27)8-11-24/h2-11,14,23H,12-13,16-17H2,1H3/t23-,32?/m0/s1. The van der Waals surface area contributed by atoms with Crippen molar-refractivity contribution >= 4 is 28.3 Å². The summed E-state index contributed by atoms with van der Waals surface area (Å²) in [6.07, 6.45) is 0.830. The lowest BCUT2D eigenvalue weighted by molar-refractivity contribution is 0.517. The van der Waals surface area contributed by atoms with E-state index in [-0.39, 0.29) is 11.9 Å². The van der Waals surface area contributed by atoms with Crippen molar-refractivity contribution in [2.45, 2.75) is 30.8 Å². The Kier molecular flexibility index (Phi) is 6.90. The summed E-state index contributed by atoms with van der Waals surface area (Å²) in [4.78, 5) is 2.87. The molecule has 3 aromatic rings. The molecule has 0 saturated carbocycles. The molecule has 164 valence electrons. The predicted molar refractivity (Wildman–Crippen MR) is 126 cm³/mol. The smallest absolute Gasteiger partial charge is 0.127 e. The van der Waals surface area contributed by atoms with Gasteiger partial charge in [0.25, 0.3) is 0 Å². The van der Waals surface area contributed by atoms with Gasteiger partial charge in [0.15, 0.2) is 0 Å². The minimum absolute atomic E-state index is 0.114. The van der Waals surface area contributed by atoms with Gasteiger partial charge in [0.1, 0.15) is 22.9 Å². The van der Waals surface area contributed by atoms with Crippen molar-refractivity contribution in [1.29, 1.82) is 5.26 Å². The highest BCUT2D eigenvalue weighted by molar-refractivity contribution is 7.82. The maximum absolute atomic E-state index is 13.3. The molecule has 1 heterocycles. The van der Waals surface area contributed by atoms with Gasteiger partial charge >= 0.3 is 0 Å². The molecule has 0 aliphatic carbocycles. The molecular weight excluding hydrogens is 445 g/mol. The third kappa shape index (κ3) is 4.86. The SMILES string of the molecule is Cc1ccccc1CN(c1ccc(C#N)c(Cl)c1)[C@H]1CCN(S(=O)c2ccc(F)cc2)C1. The number of benzene rings is 3. The summed E-state index contributed by atoms with van der Waals surface area (Å²) in [5, 5.41) is 9.66. The second-order valence-corrected chi connectivity index (χ2v) is 9.76. The molecule has 0 aromatic heterocycles. The Labute approximate surface area is 195 Å². The van der Waals surface area contributed by atoms with E-state index in [0.29, 0.717) is 35.1 Å². The molecular formula is C25H23ClFN3OS. The van der Waals surface area contributed by atoms with Crippen molar-refractivity contribution in [3.8, 4) is 6.07 Å². The molecule has 4 rings (SSSR count). The van der Waals surface area contributed by atoms with Crippen LogP contribution in [-0.2, 0) is 17.5 Å². The largest absolute Gasteiger partial charge is 0.363 e. The molecule has 0 N–H and O–H groups in total. The third-order valence-electron chi connectivity index (χ3n) is 5.82. The van der Waals surface area contributed by atoms with Crippen molar-refractivity contribution in [2.75, 3.05) is 18.0 Å². The molecule has 0 radical (unpaired) electrons. The monoisotopic (exact) mass is 467 g/mol. The van der Waals surface area contributed by atoms with E-state index in [1.165, 1.54) is 23.3 Å². The van der Waals surface area contributed by atoms with Gasteiger partial charge in [-0.2, -0.15) is 5.26 Å². The number of hydrogen-bond donors (Lipinski definition) is 0. The number of nitriles is 1. The van der Waals surface area contributed by atoms with Crippen molar-refractivity contribution in [2.24, 2.45) is 0 Å². The highest BCUT2D eigenvalue weighted by Gasteiger charge is 2.32. The van der Waals surface area contributed by atoms with E-state index in [9.17, 15) is 13.9 Å². The van der Waals surface area contributed by atoms with E-state index in [0.717, 1.165) is 12.1 Å². The number of nitrogens with zero attached hydrogens (tertiary/aromatic N) is 3. The lowest BCUT2D eigenvalue weighted by atomic mass is 10.1. The number of anilines is 1. The first-order valence-corrected chi connectivity index (χ1v) is 11.9. The molecule has 7 heteroatoms. The van der Waals surface area contributed by atoms with Crippen LogP contribution in [-0.4, -0.2) is 27.6 Å². The van der Waals surface area contributed by atoms with Crippen LogP contribution in [0, 0.1) is 24.1 Å². The van der Waals surface area contributed by atoms with Crippen LogP contribution in [0.15, 0.2) is 71.6 Å². The molecule has 32 heavy (non-hydrogen) atoms. The Hall–Kier alpha value is -2.72. The second kappa shape index (κ2) is 9.83. The summed E-state index contributed by atoms with van der Waals surface area (Å²) < 4.78 is 28.2. The Morgan fingerprint density at radius 3 is 2.62 bits per heavy atom. The maximum atomic E-state index is 13.3. The highest BCUT2D eigenvalue weighted by Crippen LogP contribution is 2.31. The van der Waals surface area contributed by atoms with E-state index in [2.05, 4.69) is 30.0 Å². The zero-order valence-electron chi connectivity index (χ0n) is 17.7. The van der Waals surface area contributed by atoms with E-state index in [4.69, 9.17) is 11.6 Å². The summed E-state index contributed by atoms with van der Waals surface area (Å²) in [6, 6.07) is 21.8. The zero-order valence-corrected chi connectivity index (χ0v) is 19.2. The Morgan fingerprint density at radius 2 is 1.94 bits per heavy atom. The van der Waals surface area contributed by atoms with Gasteiger partial charge in [0.05, 0.1) is 15.5 Å². The van der Waals surface area contributed by atoms with Gasteiger partial charge in [0, 0.05) is 31.4 Å². The summed E-state index contributed by atoms with van der Waals surface area (Å²) in [7, 11) is -1.35. The van der Waals surface area contributed by atoms with Crippen LogP contribution in [0.2, 0.25) is 5.02 Å². The lowest BCUT2D eigenvalue weighted by Gasteiger charge is -2.32. The number of halogens is 2. The number of aryl methyl sites for hydroxylation is 1. The molecule has 0 amide bonds. The van der Waals surface area contributed by atoms with Crippen LogP contribution in [0.1, 0.15) is 23.1 Å². The van der Waals surface area contributed by atoms with Gasteiger partial charge in [-0.3, -0.25) is 0 Å².